The van der Waals surface area contributed by atoms with E-state index < -0.39 is 10.9 Å². The summed E-state index contributed by atoms with van der Waals surface area (Å²) in [5, 5.41) is 13.5. The van der Waals surface area contributed by atoms with Crippen LogP contribution in [0.3, 0.4) is 0 Å². The molecule has 1 aromatic heterocycles. The smallest absolute Gasteiger partial charge is 0.317 e. The number of thiazole rings is 1. The number of nitro groups is 1. The molecular weight excluding hydrogens is 356 g/mol. The molecule has 0 spiro atoms. The van der Waals surface area contributed by atoms with Gasteiger partial charge in [0.25, 0.3) is 5.69 Å². The highest BCUT2D eigenvalue weighted by Gasteiger charge is 2.17. The van der Waals surface area contributed by atoms with Gasteiger partial charge in [0.05, 0.1) is 30.2 Å². The molecule has 2 aromatic carbocycles. The summed E-state index contributed by atoms with van der Waals surface area (Å²) in [6.07, 6.45) is -0.0464. The Kier molecular flexibility index (Phi) is 5.23. The number of benzene rings is 2. The van der Waals surface area contributed by atoms with Gasteiger partial charge in [0, 0.05) is 17.0 Å². The van der Waals surface area contributed by atoms with E-state index >= 15 is 0 Å². The lowest BCUT2D eigenvalue weighted by molar-refractivity contribution is -0.384. The largest absolute Gasteiger partial charge is 0.493 e. The molecule has 0 saturated heterocycles. The third kappa shape index (κ3) is 4.04. The number of hydrogen-bond acceptors (Lipinski definition) is 7. The minimum absolute atomic E-state index is 0.00483. The SMILES string of the molecule is COc1ccc([N+](=O)[O-])cc1OC(=O)Cc1csc(-c2ccccc2)n1. The van der Waals surface area contributed by atoms with Crippen LogP contribution in [-0.4, -0.2) is 23.0 Å². The molecule has 0 unspecified atom stereocenters. The van der Waals surface area contributed by atoms with Crippen molar-refractivity contribution in [2.75, 3.05) is 7.11 Å². The lowest BCUT2D eigenvalue weighted by Crippen LogP contribution is -2.12. The van der Waals surface area contributed by atoms with Crippen LogP contribution >= 0.6 is 11.3 Å². The van der Waals surface area contributed by atoms with E-state index in [1.165, 1.54) is 30.6 Å². The highest BCUT2D eigenvalue weighted by Crippen LogP contribution is 2.31. The summed E-state index contributed by atoms with van der Waals surface area (Å²) in [7, 11) is 1.39. The summed E-state index contributed by atoms with van der Waals surface area (Å²) >= 11 is 1.43. The average Bonchev–Trinajstić information content (AvgIpc) is 3.10. The molecule has 0 N–H and O–H groups in total. The van der Waals surface area contributed by atoms with E-state index in [2.05, 4.69) is 4.98 Å². The first kappa shape index (κ1) is 17.6. The van der Waals surface area contributed by atoms with Gasteiger partial charge in [-0.1, -0.05) is 30.3 Å². The van der Waals surface area contributed by atoms with Gasteiger partial charge in [-0.3, -0.25) is 14.9 Å². The fraction of sp³-hybridized carbons (Fsp3) is 0.111. The zero-order valence-electron chi connectivity index (χ0n) is 13.7. The molecule has 0 saturated carbocycles. The lowest BCUT2D eigenvalue weighted by atomic mass is 10.2. The molecule has 0 aliphatic heterocycles. The number of carbonyl (C=O) groups excluding carboxylic acids is 1. The van der Waals surface area contributed by atoms with Gasteiger partial charge in [-0.15, -0.1) is 11.3 Å². The first-order valence-electron chi connectivity index (χ1n) is 7.60. The number of ether oxygens (including phenoxy) is 2. The molecule has 0 bridgehead atoms. The average molecular weight is 370 g/mol. The molecule has 7 nitrogen and oxygen atoms in total. The van der Waals surface area contributed by atoms with E-state index in [-0.39, 0.29) is 23.6 Å². The van der Waals surface area contributed by atoms with Crippen molar-refractivity contribution in [1.29, 1.82) is 0 Å². The Morgan fingerprint density at radius 1 is 1.19 bits per heavy atom. The zero-order valence-corrected chi connectivity index (χ0v) is 14.6. The van der Waals surface area contributed by atoms with E-state index in [0.717, 1.165) is 16.6 Å². The molecule has 0 aliphatic carbocycles. The van der Waals surface area contributed by atoms with Gasteiger partial charge < -0.3 is 9.47 Å². The van der Waals surface area contributed by atoms with E-state index in [9.17, 15) is 14.9 Å². The van der Waals surface area contributed by atoms with Crippen LogP contribution in [0, 0.1) is 10.1 Å². The van der Waals surface area contributed by atoms with E-state index in [1.54, 1.807) is 5.38 Å². The molecule has 132 valence electrons. The number of esters is 1. The summed E-state index contributed by atoms with van der Waals surface area (Å²) in [6.45, 7) is 0. The Balaban J connectivity index is 1.73. The van der Waals surface area contributed by atoms with Gasteiger partial charge in [0.15, 0.2) is 11.5 Å². The van der Waals surface area contributed by atoms with Crippen LogP contribution < -0.4 is 9.47 Å². The minimum atomic E-state index is -0.575. The minimum Gasteiger partial charge on any atom is -0.493 e. The summed E-state index contributed by atoms with van der Waals surface area (Å²) in [5.74, 6) is -0.328. The van der Waals surface area contributed by atoms with Crippen molar-refractivity contribution in [2.24, 2.45) is 0 Å². The first-order chi connectivity index (χ1) is 12.6. The number of aromatic nitrogens is 1. The summed E-state index contributed by atoms with van der Waals surface area (Å²) in [6, 6.07) is 13.5. The number of methoxy groups -OCH3 is 1. The summed E-state index contributed by atoms with van der Waals surface area (Å²) < 4.78 is 10.3. The Hall–Kier alpha value is -3.26. The normalized spacial score (nSPS) is 10.3. The van der Waals surface area contributed by atoms with Crippen LogP contribution in [0.2, 0.25) is 0 Å². The highest BCUT2D eigenvalue weighted by atomic mass is 32.1. The van der Waals surface area contributed by atoms with Gasteiger partial charge in [0.1, 0.15) is 5.01 Å². The molecule has 0 radical (unpaired) electrons. The Morgan fingerprint density at radius 2 is 1.96 bits per heavy atom. The first-order valence-corrected chi connectivity index (χ1v) is 8.47. The number of nitro benzene ring substituents is 1. The third-order valence-electron chi connectivity index (χ3n) is 3.48. The van der Waals surface area contributed by atoms with Crippen LogP contribution in [-0.2, 0) is 11.2 Å². The van der Waals surface area contributed by atoms with Crippen molar-refractivity contribution in [1.82, 2.24) is 4.98 Å². The fourth-order valence-electron chi connectivity index (χ4n) is 2.27. The standard InChI is InChI=1S/C18H14N2O5S/c1-24-15-8-7-14(20(22)23)10-16(15)25-17(21)9-13-11-26-18(19-13)12-5-3-2-4-6-12/h2-8,10-11H,9H2,1H3. The third-order valence-corrected chi connectivity index (χ3v) is 4.42. The predicted octanol–water partition coefficient (Wildman–Crippen LogP) is 3.88. The van der Waals surface area contributed by atoms with Crippen LogP contribution in [0.4, 0.5) is 5.69 Å². The van der Waals surface area contributed by atoms with Crippen LogP contribution in [0.5, 0.6) is 11.5 Å². The van der Waals surface area contributed by atoms with Gasteiger partial charge >= 0.3 is 5.97 Å². The number of carbonyl (C=O) groups is 1. The monoisotopic (exact) mass is 370 g/mol. The van der Waals surface area contributed by atoms with Crippen molar-refractivity contribution in [2.45, 2.75) is 6.42 Å². The second-order valence-corrected chi connectivity index (χ2v) is 6.11. The molecule has 1 heterocycles. The fourth-order valence-corrected chi connectivity index (χ4v) is 3.09. The van der Waals surface area contributed by atoms with Crippen molar-refractivity contribution < 1.29 is 19.2 Å². The Bertz CT molecular complexity index is 940. The summed E-state index contributed by atoms with van der Waals surface area (Å²) in [5.41, 5.74) is 1.36. The summed E-state index contributed by atoms with van der Waals surface area (Å²) in [4.78, 5) is 26.9. The van der Waals surface area contributed by atoms with E-state index in [4.69, 9.17) is 9.47 Å². The zero-order chi connectivity index (χ0) is 18.5. The van der Waals surface area contributed by atoms with Crippen molar-refractivity contribution in [3.63, 3.8) is 0 Å². The quantitative estimate of drug-likeness (QED) is 0.283. The van der Waals surface area contributed by atoms with Crippen molar-refractivity contribution in [3.05, 3.63) is 69.7 Å². The van der Waals surface area contributed by atoms with Gasteiger partial charge in [0.2, 0.25) is 0 Å². The Labute approximate surface area is 153 Å². The number of rotatable bonds is 6. The van der Waals surface area contributed by atoms with Gasteiger partial charge in [-0.25, -0.2) is 4.98 Å². The topological polar surface area (TPSA) is 91.6 Å². The van der Waals surface area contributed by atoms with Crippen LogP contribution in [0.1, 0.15) is 5.69 Å². The molecule has 8 heteroatoms. The van der Waals surface area contributed by atoms with E-state index in [0.29, 0.717) is 5.69 Å². The maximum Gasteiger partial charge on any atom is 0.317 e. The maximum atomic E-state index is 12.2. The number of nitrogens with zero attached hydrogens (tertiary/aromatic N) is 2. The predicted molar refractivity (Wildman–Crippen MR) is 96.5 cm³/mol. The molecule has 26 heavy (non-hydrogen) atoms. The second-order valence-electron chi connectivity index (χ2n) is 5.25. The molecule has 0 atom stereocenters. The molecule has 0 fully saturated rings. The molecular formula is C18H14N2O5S. The second kappa shape index (κ2) is 7.75. The van der Waals surface area contributed by atoms with Crippen LogP contribution in [0.15, 0.2) is 53.9 Å². The van der Waals surface area contributed by atoms with Gasteiger partial charge in [-0.05, 0) is 6.07 Å². The Morgan fingerprint density at radius 3 is 2.65 bits per heavy atom. The molecule has 3 aromatic rings. The number of hydrogen-bond donors (Lipinski definition) is 0. The van der Waals surface area contributed by atoms with E-state index in [1.807, 2.05) is 30.3 Å². The molecule has 0 aliphatic rings. The molecule has 0 amide bonds. The maximum absolute atomic E-state index is 12.2. The molecule has 3 rings (SSSR count). The lowest BCUT2D eigenvalue weighted by Gasteiger charge is -2.08. The van der Waals surface area contributed by atoms with Crippen molar-refractivity contribution >= 4 is 23.0 Å². The van der Waals surface area contributed by atoms with Crippen LogP contribution in [0.25, 0.3) is 10.6 Å². The highest BCUT2D eigenvalue weighted by molar-refractivity contribution is 7.13. The van der Waals surface area contributed by atoms with Crippen molar-refractivity contribution in [3.8, 4) is 22.1 Å². The number of non-ortho nitro benzene ring substituents is 1. The van der Waals surface area contributed by atoms with Gasteiger partial charge in [-0.2, -0.15) is 0 Å².